The molecule has 1 heterocycles. The predicted molar refractivity (Wildman–Crippen MR) is 190 cm³/mol. The second-order valence-electron chi connectivity index (χ2n) is 11.4. The zero-order chi connectivity index (χ0) is 34.3. The third-order valence-electron chi connectivity index (χ3n) is 7.41. The number of ether oxygens (including phenoxy) is 3. The number of carbonyl (C=O) groups is 2. The summed E-state index contributed by atoms with van der Waals surface area (Å²) in [6.07, 6.45) is 2.63. The maximum atomic E-state index is 13.4. The third kappa shape index (κ3) is 12.9. The number of nitrogens with one attached hydrogen (secondary N) is 3. The van der Waals surface area contributed by atoms with Crippen molar-refractivity contribution in [2.24, 2.45) is 0 Å². The molecule has 1 aliphatic heterocycles. The normalized spacial score (nSPS) is 14.4. The lowest BCUT2D eigenvalue weighted by Gasteiger charge is -2.29. The molecule has 2 unspecified atom stereocenters. The van der Waals surface area contributed by atoms with Crippen molar-refractivity contribution in [1.82, 2.24) is 10.6 Å². The van der Waals surface area contributed by atoms with Crippen molar-refractivity contribution in [2.75, 3.05) is 38.7 Å². The Morgan fingerprint density at radius 3 is 2.39 bits per heavy atom. The van der Waals surface area contributed by atoms with E-state index >= 15 is 0 Å². The van der Waals surface area contributed by atoms with E-state index in [1.165, 1.54) is 18.2 Å². The number of hydrogen-bond acceptors (Lipinski definition) is 12. The van der Waals surface area contributed by atoms with E-state index in [0.29, 0.717) is 30.5 Å². The van der Waals surface area contributed by atoms with Gasteiger partial charge in [-0.1, -0.05) is 32.4 Å². The average molecular weight is 723 g/mol. The molecule has 0 saturated carbocycles. The lowest BCUT2D eigenvalue weighted by molar-refractivity contribution is -0.384. The number of non-ortho nitro benzene ring substituents is 1. The lowest BCUT2D eigenvalue weighted by atomic mass is 9.80. The Kier molecular flexibility index (Phi) is 18.8. The first-order chi connectivity index (χ1) is 22.5. The molecular formula is C34H45Cl2N5O8. The van der Waals surface area contributed by atoms with E-state index in [1.54, 1.807) is 13.0 Å². The Balaban J connectivity index is 0.00000600. The molecule has 0 amide bonds. The van der Waals surface area contributed by atoms with Crippen LogP contribution in [0, 0.1) is 21.4 Å². The highest BCUT2D eigenvalue weighted by Gasteiger charge is 2.39. The summed E-state index contributed by atoms with van der Waals surface area (Å²) in [6.45, 7) is 7.19. The van der Waals surface area contributed by atoms with Crippen molar-refractivity contribution in [3.05, 3.63) is 86.7 Å². The number of nitro benzene ring substituents is 1. The Labute approximate surface area is 299 Å². The summed E-state index contributed by atoms with van der Waals surface area (Å²) in [5.41, 5.74) is 1.15. The van der Waals surface area contributed by atoms with Crippen LogP contribution in [0.2, 0.25) is 0 Å². The molecule has 268 valence electrons. The van der Waals surface area contributed by atoms with Crippen molar-refractivity contribution in [3.8, 4) is 11.8 Å². The van der Waals surface area contributed by atoms with Crippen LogP contribution in [0.4, 0.5) is 11.4 Å². The van der Waals surface area contributed by atoms with Crippen LogP contribution in [-0.2, 0) is 19.1 Å². The molecule has 0 saturated heterocycles. The molecule has 4 N–H and O–H groups in total. The van der Waals surface area contributed by atoms with Crippen molar-refractivity contribution < 1.29 is 33.8 Å². The molecule has 3 rings (SSSR count). The standard InChI is InChI=1S/C34H43N5O8.2ClH/c1-22(2)37-20-27(40)21-47-28-14-12-25(13-15-28)36-16-7-5-6-8-17-46-34(42)30-23(3)38-29(19-35)32(33(41)45-4)31(30)24-10-9-11-26(18-24)39(43)44;;/h9-15,18,22,27,31,36-38,40H,5-8,16-17,20-21H2,1-4H3;2*1H. The van der Waals surface area contributed by atoms with Crippen LogP contribution in [0.5, 0.6) is 5.75 Å². The number of dihydropyridines is 1. The fourth-order valence-electron chi connectivity index (χ4n) is 5.02. The summed E-state index contributed by atoms with van der Waals surface area (Å²) in [6, 6.07) is 15.3. The number of aliphatic hydroxyl groups is 1. The Morgan fingerprint density at radius 1 is 1.06 bits per heavy atom. The van der Waals surface area contributed by atoms with Gasteiger partial charge in [0.15, 0.2) is 0 Å². The number of methoxy groups -OCH3 is 1. The first-order valence-corrected chi connectivity index (χ1v) is 15.6. The maximum absolute atomic E-state index is 13.4. The second kappa shape index (κ2) is 21.6. The van der Waals surface area contributed by atoms with Gasteiger partial charge < -0.3 is 35.3 Å². The van der Waals surface area contributed by atoms with E-state index in [4.69, 9.17) is 14.2 Å². The van der Waals surface area contributed by atoms with Crippen LogP contribution in [-0.4, -0.2) is 67.5 Å². The Morgan fingerprint density at radius 2 is 1.76 bits per heavy atom. The van der Waals surface area contributed by atoms with Crippen LogP contribution in [0.1, 0.15) is 57.9 Å². The van der Waals surface area contributed by atoms with E-state index < -0.39 is 28.9 Å². The van der Waals surface area contributed by atoms with Gasteiger partial charge in [-0.15, -0.1) is 24.8 Å². The number of benzene rings is 2. The number of carbonyl (C=O) groups excluding carboxylic acids is 2. The highest BCUT2D eigenvalue weighted by molar-refractivity contribution is 6.00. The Hall–Kier alpha value is -4.35. The Bertz CT molecular complexity index is 1510. The molecule has 0 aliphatic carbocycles. The van der Waals surface area contributed by atoms with Crippen LogP contribution in [0.15, 0.2) is 71.1 Å². The van der Waals surface area contributed by atoms with E-state index in [2.05, 4.69) is 16.0 Å². The first kappa shape index (κ1) is 42.7. The molecule has 13 nitrogen and oxygen atoms in total. The number of nitro groups is 1. The van der Waals surface area contributed by atoms with Gasteiger partial charge in [-0.2, -0.15) is 5.26 Å². The number of nitriles is 1. The van der Waals surface area contributed by atoms with Crippen LogP contribution >= 0.6 is 24.8 Å². The fraction of sp³-hybridized carbons (Fsp3) is 0.441. The predicted octanol–water partition coefficient (Wildman–Crippen LogP) is 5.30. The topological polar surface area (TPSA) is 185 Å². The monoisotopic (exact) mass is 721 g/mol. The van der Waals surface area contributed by atoms with E-state index in [0.717, 1.165) is 38.6 Å². The number of anilines is 1. The summed E-state index contributed by atoms with van der Waals surface area (Å²) in [5.74, 6) is -1.95. The number of esters is 2. The number of unbranched alkanes of at least 4 members (excludes halogenated alkanes) is 3. The van der Waals surface area contributed by atoms with Gasteiger partial charge in [0.2, 0.25) is 0 Å². The van der Waals surface area contributed by atoms with Crippen LogP contribution in [0.25, 0.3) is 0 Å². The number of nitrogens with zero attached hydrogens (tertiary/aromatic N) is 2. The molecule has 15 heteroatoms. The summed E-state index contributed by atoms with van der Waals surface area (Å²) in [7, 11) is 1.15. The SMILES string of the molecule is COC(=O)C1=C(C#N)NC(C)=C(C(=O)OCCCCCCNc2ccc(OCC(O)CNC(C)C)cc2)C1c1cccc([N+](=O)[O-])c1.Cl.Cl. The molecule has 49 heavy (non-hydrogen) atoms. The molecule has 2 aromatic rings. The van der Waals surface area contributed by atoms with Gasteiger partial charge in [0.25, 0.3) is 5.69 Å². The molecule has 0 radical (unpaired) electrons. The van der Waals surface area contributed by atoms with Gasteiger partial charge in [0.1, 0.15) is 30.2 Å². The van der Waals surface area contributed by atoms with Gasteiger partial charge in [-0.05, 0) is 56.0 Å². The average Bonchev–Trinajstić information content (AvgIpc) is 3.06. The highest BCUT2D eigenvalue weighted by Crippen LogP contribution is 2.40. The molecule has 0 aromatic heterocycles. The minimum atomic E-state index is -1.10. The van der Waals surface area contributed by atoms with Gasteiger partial charge in [-0.3, -0.25) is 10.1 Å². The van der Waals surface area contributed by atoms with Crippen LogP contribution in [0.3, 0.4) is 0 Å². The van der Waals surface area contributed by atoms with E-state index in [-0.39, 0.29) is 66.1 Å². The molecule has 0 fully saturated rings. The van der Waals surface area contributed by atoms with Crippen molar-refractivity contribution in [2.45, 2.75) is 64.5 Å². The van der Waals surface area contributed by atoms with Crippen molar-refractivity contribution in [3.63, 3.8) is 0 Å². The highest BCUT2D eigenvalue weighted by atomic mass is 35.5. The second-order valence-corrected chi connectivity index (χ2v) is 11.4. The fourth-order valence-corrected chi connectivity index (χ4v) is 5.02. The first-order valence-electron chi connectivity index (χ1n) is 15.6. The molecule has 2 atom stereocenters. The third-order valence-corrected chi connectivity index (χ3v) is 7.41. The van der Waals surface area contributed by atoms with Gasteiger partial charge in [0, 0.05) is 42.6 Å². The zero-order valence-electron chi connectivity index (χ0n) is 28.0. The largest absolute Gasteiger partial charge is 0.491 e. The summed E-state index contributed by atoms with van der Waals surface area (Å²) in [5, 5.41) is 40.5. The molecule has 1 aliphatic rings. The van der Waals surface area contributed by atoms with Gasteiger partial charge in [0.05, 0.1) is 35.7 Å². The number of halogens is 2. The van der Waals surface area contributed by atoms with Crippen LogP contribution < -0.4 is 20.7 Å². The summed E-state index contributed by atoms with van der Waals surface area (Å²) < 4.78 is 16.1. The quantitative estimate of drug-likeness (QED) is 0.0675. The smallest absolute Gasteiger partial charge is 0.337 e. The molecule has 2 aromatic carbocycles. The van der Waals surface area contributed by atoms with E-state index in [1.807, 2.05) is 44.2 Å². The number of hydrogen-bond donors (Lipinski definition) is 4. The molecular weight excluding hydrogens is 677 g/mol. The number of aliphatic hydroxyl groups excluding tert-OH is 1. The van der Waals surface area contributed by atoms with Crippen molar-refractivity contribution in [1.29, 1.82) is 5.26 Å². The number of rotatable bonds is 18. The summed E-state index contributed by atoms with van der Waals surface area (Å²) in [4.78, 5) is 37.0. The number of allylic oxidation sites excluding steroid dienone is 2. The zero-order valence-corrected chi connectivity index (χ0v) is 29.7. The van der Waals surface area contributed by atoms with Gasteiger partial charge in [-0.25, -0.2) is 9.59 Å². The van der Waals surface area contributed by atoms with E-state index in [9.17, 15) is 30.1 Å². The minimum Gasteiger partial charge on any atom is -0.491 e. The summed E-state index contributed by atoms with van der Waals surface area (Å²) >= 11 is 0. The molecule has 0 spiro atoms. The van der Waals surface area contributed by atoms with Crippen molar-refractivity contribution >= 4 is 48.1 Å². The maximum Gasteiger partial charge on any atom is 0.337 e. The van der Waals surface area contributed by atoms with Gasteiger partial charge >= 0.3 is 11.9 Å². The lowest BCUT2D eigenvalue weighted by Crippen LogP contribution is -2.35. The molecule has 0 bridgehead atoms. The minimum absolute atomic E-state index is 0.